The molecule has 0 spiro atoms. The Morgan fingerprint density at radius 2 is 2.11 bits per heavy atom. The van der Waals surface area contributed by atoms with Crippen molar-refractivity contribution >= 4 is 29.1 Å². The Balaban J connectivity index is 2.74. The van der Waals surface area contributed by atoms with Crippen LogP contribution < -0.4 is 11.1 Å². The van der Waals surface area contributed by atoms with Gasteiger partial charge in [-0.3, -0.25) is 9.59 Å². The second-order valence-electron chi connectivity index (χ2n) is 3.89. The molecule has 98 valence electrons. The molecule has 0 bridgehead atoms. The number of nitrogens with zero attached hydrogens (tertiary/aromatic N) is 1. The third kappa shape index (κ3) is 3.63. The molecule has 0 radical (unpaired) electrons. The highest BCUT2D eigenvalue weighted by Gasteiger charge is 2.16. The Bertz CT molecular complexity index is 463. The zero-order chi connectivity index (χ0) is 13.7. The average molecular weight is 270 g/mol. The summed E-state index contributed by atoms with van der Waals surface area (Å²) in [6, 6.07) is 4.74. The van der Waals surface area contributed by atoms with E-state index in [-0.39, 0.29) is 18.2 Å². The summed E-state index contributed by atoms with van der Waals surface area (Å²) in [7, 11) is 3.17. The molecule has 0 aliphatic rings. The molecule has 18 heavy (non-hydrogen) atoms. The van der Waals surface area contributed by atoms with Crippen molar-refractivity contribution in [3.8, 4) is 0 Å². The lowest BCUT2D eigenvalue weighted by Gasteiger charge is -2.17. The molecule has 0 saturated heterocycles. The molecule has 6 heteroatoms. The summed E-state index contributed by atoms with van der Waals surface area (Å²) >= 11 is 5.94. The number of halogens is 1. The number of anilines is 1. The van der Waals surface area contributed by atoms with Crippen molar-refractivity contribution in [2.24, 2.45) is 0 Å². The molecule has 0 aromatic heterocycles. The second-order valence-corrected chi connectivity index (χ2v) is 4.30. The number of amides is 2. The van der Waals surface area contributed by atoms with Gasteiger partial charge in [0, 0.05) is 32.7 Å². The molecule has 0 atom stereocenters. The molecule has 0 heterocycles. The maximum atomic E-state index is 12.1. The minimum Gasteiger partial charge on any atom is -0.399 e. The van der Waals surface area contributed by atoms with Crippen LogP contribution in [0.5, 0.6) is 0 Å². The summed E-state index contributed by atoms with van der Waals surface area (Å²) in [4.78, 5) is 24.6. The molecule has 1 aromatic carbocycles. The Hall–Kier alpha value is -1.75. The Morgan fingerprint density at radius 3 is 2.72 bits per heavy atom. The Kier molecular flexibility index (Phi) is 4.97. The van der Waals surface area contributed by atoms with Gasteiger partial charge in [-0.05, 0) is 18.2 Å². The molecular weight excluding hydrogens is 254 g/mol. The number of hydrogen-bond acceptors (Lipinski definition) is 3. The van der Waals surface area contributed by atoms with Crippen LogP contribution in [0.4, 0.5) is 5.69 Å². The quantitative estimate of drug-likeness (QED) is 0.805. The Labute approximate surface area is 111 Å². The fraction of sp³-hybridized carbons (Fsp3) is 0.333. The normalized spacial score (nSPS) is 9.94. The van der Waals surface area contributed by atoms with E-state index < -0.39 is 0 Å². The minimum atomic E-state index is -0.254. The highest BCUT2D eigenvalue weighted by atomic mass is 35.5. The van der Waals surface area contributed by atoms with Crippen molar-refractivity contribution in [3.05, 3.63) is 28.8 Å². The van der Waals surface area contributed by atoms with Crippen LogP contribution >= 0.6 is 11.6 Å². The third-order valence-electron chi connectivity index (χ3n) is 2.52. The summed E-state index contributed by atoms with van der Waals surface area (Å²) in [5.74, 6) is -0.371. The average Bonchev–Trinajstić information content (AvgIpc) is 2.37. The van der Waals surface area contributed by atoms with Crippen LogP contribution in [0.3, 0.4) is 0 Å². The molecule has 3 N–H and O–H groups in total. The van der Waals surface area contributed by atoms with E-state index in [9.17, 15) is 9.59 Å². The lowest BCUT2D eigenvalue weighted by atomic mass is 10.1. The van der Waals surface area contributed by atoms with Gasteiger partial charge in [-0.1, -0.05) is 11.6 Å². The number of carbonyl (C=O) groups excluding carboxylic acids is 2. The predicted molar refractivity (Wildman–Crippen MR) is 71.5 cm³/mol. The van der Waals surface area contributed by atoms with Crippen molar-refractivity contribution in [2.75, 3.05) is 26.4 Å². The summed E-state index contributed by atoms with van der Waals surface area (Å²) < 4.78 is 0. The number of hydrogen-bond donors (Lipinski definition) is 2. The van der Waals surface area contributed by atoms with Gasteiger partial charge >= 0.3 is 0 Å². The summed E-state index contributed by atoms with van der Waals surface area (Å²) in [5, 5.41) is 2.84. The largest absolute Gasteiger partial charge is 0.399 e. The van der Waals surface area contributed by atoms with Gasteiger partial charge in [-0.2, -0.15) is 0 Å². The number of rotatable bonds is 4. The van der Waals surface area contributed by atoms with Crippen molar-refractivity contribution in [1.29, 1.82) is 0 Å². The number of benzene rings is 1. The van der Waals surface area contributed by atoms with Gasteiger partial charge in [-0.25, -0.2) is 0 Å². The van der Waals surface area contributed by atoms with E-state index in [4.69, 9.17) is 17.3 Å². The molecular formula is C12H16ClN3O2. The first-order valence-electron chi connectivity index (χ1n) is 5.46. The Morgan fingerprint density at radius 1 is 1.44 bits per heavy atom. The molecule has 5 nitrogen and oxygen atoms in total. The van der Waals surface area contributed by atoms with E-state index in [0.29, 0.717) is 22.8 Å². The standard InChI is InChI=1S/C12H16ClN3O2/c1-15-11(17)5-6-16(2)12(18)9-7-8(14)3-4-10(9)13/h3-4,7H,5-6,14H2,1-2H3,(H,15,17). The van der Waals surface area contributed by atoms with Crippen molar-refractivity contribution in [3.63, 3.8) is 0 Å². The van der Waals surface area contributed by atoms with Gasteiger partial charge in [0.15, 0.2) is 0 Å². The van der Waals surface area contributed by atoms with E-state index in [1.165, 1.54) is 11.0 Å². The highest BCUT2D eigenvalue weighted by Crippen LogP contribution is 2.20. The zero-order valence-electron chi connectivity index (χ0n) is 10.4. The first-order valence-corrected chi connectivity index (χ1v) is 5.84. The van der Waals surface area contributed by atoms with Crippen molar-refractivity contribution < 1.29 is 9.59 Å². The summed E-state index contributed by atoms with van der Waals surface area (Å²) in [6.07, 6.45) is 0.249. The summed E-state index contributed by atoms with van der Waals surface area (Å²) in [5.41, 5.74) is 6.43. The predicted octanol–water partition coefficient (Wildman–Crippen LogP) is 1.13. The van der Waals surface area contributed by atoms with Crippen LogP contribution in [-0.4, -0.2) is 37.4 Å². The second kappa shape index (κ2) is 6.26. The smallest absolute Gasteiger partial charge is 0.255 e. The number of nitrogens with one attached hydrogen (secondary N) is 1. The van der Waals surface area contributed by atoms with Gasteiger partial charge in [0.1, 0.15) is 0 Å². The SMILES string of the molecule is CNC(=O)CCN(C)C(=O)c1cc(N)ccc1Cl. The molecule has 1 rings (SSSR count). The van der Waals surface area contributed by atoms with Crippen LogP contribution in [0.1, 0.15) is 16.8 Å². The molecule has 0 fully saturated rings. The maximum absolute atomic E-state index is 12.1. The first kappa shape index (κ1) is 14.3. The van der Waals surface area contributed by atoms with Gasteiger partial charge in [0.25, 0.3) is 5.91 Å². The van der Waals surface area contributed by atoms with Crippen LogP contribution in [0.25, 0.3) is 0 Å². The van der Waals surface area contributed by atoms with E-state index in [1.807, 2.05) is 0 Å². The van der Waals surface area contributed by atoms with Gasteiger partial charge < -0.3 is 16.0 Å². The minimum absolute atomic E-state index is 0.117. The van der Waals surface area contributed by atoms with E-state index in [1.54, 1.807) is 26.2 Å². The number of nitrogens with two attached hydrogens (primary N) is 1. The van der Waals surface area contributed by atoms with Gasteiger partial charge in [-0.15, -0.1) is 0 Å². The van der Waals surface area contributed by atoms with Crippen LogP contribution in [0, 0.1) is 0 Å². The van der Waals surface area contributed by atoms with E-state index >= 15 is 0 Å². The molecule has 0 aliphatic heterocycles. The highest BCUT2D eigenvalue weighted by molar-refractivity contribution is 6.34. The fourth-order valence-corrected chi connectivity index (χ4v) is 1.61. The van der Waals surface area contributed by atoms with E-state index in [2.05, 4.69) is 5.32 Å². The van der Waals surface area contributed by atoms with Crippen LogP contribution in [-0.2, 0) is 4.79 Å². The molecule has 0 unspecified atom stereocenters. The van der Waals surface area contributed by atoms with E-state index in [0.717, 1.165) is 0 Å². The van der Waals surface area contributed by atoms with Crippen LogP contribution in [0.15, 0.2) is 18.2 Å². The molecule has 2 amide bonds. The summed E-state index contributed by atoms with van der Waals surface area (Å²) in [6.45, 7) is 0.323. The molecule has 1 aromatic rings. The van der Waals surface area contributed by atoms with Gasteiger partial charge in [0.05, 0.1) is 10.6 Å². The number of nitrogen functional groups attached to an aromatic ring is 1. The number of carbonyl (C=O) groups is 2. The first-order chi connectivity index (χ1) is 8.45. The fourth-order valence-electron chi connectivity index (χ4n) is 1.41. The van der Waals surface area contributed by atoms with Crippen LogP contribution in [0.2, 0.25) is 5.02 Å². The van der Waals surface area contributed by atoms with Crippen molar-refractivity contribution in [2.45, 2.75) is 6.42 Å². The topological polar surface area (TPSA) is 75.4 Å². The monoisotopic (exact) mass is 269 g/mol. The lowest BCUT2D eigenvalue weighted by Crippen LogP contribution is -2.31. The maximum Gasteiger partial charge on any atom is 0.255 e. The molecule has 0 saturated carbocycles. The lowest BCUT2D eigenvalue weighted by molar-refractivity contribution is -0.120. The zero-order valence-corrected chi connectivity index (χ0v) is 11.1. The van der Waals surface area contributed by atoms with Gasteiger partial charge in [0.2, 0.25) is 5.91 Å². The molecule has 0 aliphatic carbocycles. The third-order valence-corrected chi connectivity index (χ3v) is 2.85. The van der Waals surface area contributed by atoms with Crippen molar-refractivity contribution in [1.82, 2.24) is 10.2 Å².